The monoisotopic (exact) mass is 299 g/mol. The lowest BCUT2D eigenvalue weighted by Crippen LogP contribution is -2.55. The second-order valence-corrected chi connectivity index (χ2v) is 6.93. The van der Waals surface area contributed by atoms with E-state index in [-0.39, 0.29) is 24.5 Å². The minimum absolute atomic E-state index is 0.0167. The van der Waals surface area contributed by atoms with Crippen molar-refractivity contribution in [3.63, 3.8) is 0 Å². The molecule has 0 aromatic rings. The Kier molecular flexibility index (Phi) is 6.01. The number of carbonyl (C=O) groups is 2. The topological polar surface area (TPSA) is 64.1 Å². The summed E-state index contributed by atoms with van der Waals surface area (Å²) in [6.07, 6.45) is 1.92. The first kappa shape index (κ1) is 17.8. The van der Waals surface area contributed by atoms with E-state index < -0.39 is 5.97 Å². The van der Waals surface area contributed by atoms with Crippen molar-refractivity contribution in [3.8, 4) is 0 Å². The second-order valence-electron chi connectivity index (χ2n) is 6.93. The van der Waals surface area contributed by atoms with E-state index in [1.807, 2.05) is 25.7 Å². The fourth-order valence-corrected chi connectivity index (χ4v) is 2.67. The molecular weight excluding hydrogens is 270 g/mol. The highest BCUT2D eigenvalue weighted by molar-refractivity contribution is 5.76. The van der Waals surface area contributed by atoms with Crippen molar-refractivity contribution in [1.29, 1.82) is 0 Å². The SMILES string of the molecule is CN(C)C1CCN(C(=O)N(CCC(=O)O)C(C)(C)C)CC1. The smallest absolute Gasteiger partial charge is 0.320 e. The predicted molar refractivity (Wildman–Crippen MR) is 82.4 cm³/mol. The zero-order chi connectivity index (χ0) is 16.2. The van der Waals surface area contributed by atoms with Gasteiger partial charge in [-0.3, -0.25) is 4.79 Å². The normalized spacial score (nSPS) is 17.1. The molecule has 0 unspecified atom stereocenters. The molecule has 6 heteroatoms. The first-order valence-electron chi connectivity index (χ1n) is 7.57. The molecule has 2 amide bonds. The van der Waals surface area contributed by atoms with Crippen LogP contribution in [0, 0.1) is 0 Å². The van der Waals surface area contributed by atoms with Crippen LogP contribution in [0.5, 0.6) is 0 Å². The standard InChI is InChI=1S/C15H29N3O3/c1-15(2,3)18(11-8-13(19)20)14(21)17-9-6-12(7-10-17)16(4)5/h12H,6-11H2,1-5H3,(H,19,20). The van der Waals surface area contributed by atoms with E-state index in [1.165, 1.54) is 0 Å². The molecule has 1 fully saturated rings. The number of carboxylic acid groups (broad SMARTS) is 1. The van der Waals surface area contributed by atoms with E-state index in [4.69, 9.17) is 5.11 Å². The number of urea groups is 1. The third kappa shape index (κ3) is 5.19. The lowest BCUT2D eigenvalue weighted by atomic mass is 10.0. The summed E-state index contributed by atoms with van der Waals surface area (Å²) in [6.45, 7) is 7.56. The summed E-state index contributed by atoms with van der Waals surface area (Å²) in [7, 11) is 4.13. The van der Waals surface area contributed by atoms with Gasteiger partial charge in [0.15, 0.2) is 0 Å². The van der Waals surface area contributed by atoms with Crippen LogP contribution in [0.2, 0.25) is 0 Å². The van der Waals surface area contributed by atoms with Crippen molar-refractivity contribution in [3.05, 3.63) is 0 Å². The van der Waals surface area contributed by atoms with Gasteiger partial charge in [-0.05, 0) is 47.7 Å². The van der Waals surface area contributed by atoms with Crippen LogP contribution in [0.25, 0.3) is 0 Å². The number of hydrogen-bond acceptors (Lipinski definition) is 3. The van der Waals surface area contributed by atoms with Crippen LogP contribution in [0.3, 0.4) is 0 Å². The van der Waals surface area contributed by atoms with Gasteiger partial charge in [0.1, 0.15) is 0 Å². The van der Waals surface area contributed by atoms with Crippen molar-refractivity contribution in [2.45, 2.75) is 51.6 Å². The third-order valence-corrected chi connectivity index (χ3v) is 4.06. The minimum Gasteiger partial charge on any atom is -0.481 e. The van der Waals surface area contributed by atoms with Gasteiger partial charge in [0.2, 0.25) is 0 Å². The molecule has 0 aromatic carbocycles. The summed E-state index contributed by atoms with van der Waals surface area (Å²) < 4.78 is 0. The van der Waals surface area contributed by atoms with Crippen LogP contribution in [0.15, 0.2) is 0 Å². The Bertz CT molecular complexity index is 369. The fraction of sp³-hybridized carbons (Fsp3) is 0.867. The molecule has 1 heterocycles. The van der Waals surface area contributed by atoms with Crippen molar-refractivity contribution in [2.75, 3.05) is 33.7 Å². The van der Waals surface area contributed by atoms with Gasteiger partial charge in [0.25, 0.3) is 0 Å². The van der Waals surface area contributed by atoms with Crippen molar-refractivity contribution in [2.24, 2.45) is 0 Å². The van der Waals surface area contributed by atoms with E-state index >= 15 is 0 Å². The van der Waals surface area contributed by atoms with E-state index in [2.05, 4.69) is 19.0 Å². The highest BCUT2D eigenvalue weighted by atomic mass is 16.4. The van der Waals surface area contributed by atoms with E-state index in [0.29, 0.717) is 6.04 Å². The van der Waals surface area contributed by atoms with Gasteiger partial charge >= 0.3 is 12.0 Å². The molecule has 0 atom stereocenters. The number of hydrogen-bond donors (Lipinski definition) is 1. The second kappa shape index (κ2) is 7.11. The number of carboxylic acids is 1. The molecule has 0 bridgehead atoms. The average molecular weight is 299 g/mol. The molecule has 122 valence electrons. The number of aliphatic carboxylic acids is 1. The Morgan fingerprint density at radius 2 is 1.71 bits per heavy atom. The van der Waals surface area contributed by atoms with E-state index in [0.717, 1.165) is 25.9 Å². The highest BCUT2D eigenvalue weighted by Gasteiger charge is 2.32. The van der Waals surface area contributed by atoms with Gasteiger partial charge < -0.3 is 19.8 Å². The van der Waals surface area contributed by atoms with Gasteiger partial charge in [-0.2, -0.15) is 0 Å². The molecule has 1 N–H and O–H groups in total. The zero-order valence-corrected chi connectivity index (χ0v) is 13.9. The van der Waals surface area contributed by atoms with Gasteiger partial charge in [-0.15, -0.1) is 0 Å². The van der Waals surface area contributed by atoms with Crippen molar-refractivity contribution >= 4 is 12.0 Å². The summed E-state index contributed by atoms with van der Waals surface area (Å²) in [5, 5.41) is 8.86. The Labute approximate surface area is 127 Å². The van der Waals surface area contributed by atoms with Crippen LogP contribution in [0.4, 0.5) is 4.79 Å². The fourth-order valence-electron chi connectivity index (χ4n) is 2.67. The van der Waals surface area contributed by atoms with Crippen molar-refractivity contribution < 1.29 is 14.7 Å². The quantitative estimate of drug-likeness (QED) is 0.858. The molecule has 1 saturated heterocycles. The molecule has 0 radical (unpaired) electrons. The van der Waals surface area contributed by atoms with Gasteiger partial charge in [0.05, 0.1) is 6.42 Å². The molecule has 6 nitrogen and oxygen atoms in total. The number of nitrogens with zero attached hydrogens (tertiary/aromatic N) is 3. The number of carbonyl (C=O) groups excluding carboxylic acids is 1. The van der Waals surface area contributed by atoms with Crippen molar-refractivity contribution in [1.82, 2.24) is 14.7 Å². The first-order valence-corrected chi connectivity index (χ1v) is 7.57. The maximum Gasteiger partial charge on any atom is 0.320 e. The third-order valence-electron chi connectivity index (χ3n) is 4.06. The molecule has 0 spiro atoms. The van der Waals surface area contributed by atoms with Crippen LogP contribution >= 0.6 is 0 Å². The van der Waals surface area contributed by atoms with Crippen LogP contribution in [-0.4, -0.2) is 77.1 Å². The van der Waals surface area contributed by atoms with Gasteiger partial charge in [0, 0.05) is 31.2 Å². The molecule has 1 aliphatic rings. The molecule has 1 aliphatic heterocycles. The van der Waals surface area contributed by atoms with Crippen LogP contribution in [0.1, 0.15) is 40.0 Å². The number of likely N-dealkylation sites (tertiary alicyclic amines) is 1. The maximum absolute atomic E-state index is 12.7. The highest BCUT2D eigenvalue weighted by Crippen LogP contribution is 2.20. The van der Waals surface area contributed by atoms with E-state index in [9.17, 15) is 9.59 Å². The molecule has 0 saturated carbocycles. The number of rotatable bonds is 4. The zero-order valence-electron chi connectivity index (χ0n) is 13.9. The Balaban J connectivity index is 2.67. The summed E-state index contributed by atoms with van der Waals surface area (Å²) in [5.41, 5.74) is -0.370. The van der Waals surface area contributed by atoms with Gasteiger partial charge in [-0.25, -0.2) is 4.79 Å². The average Bonchev–Trinajstić information content (AvgIpc) is 2.36. The summed E-state index contributed by atoms with van der Waals surface area (Å²) in [4.78, 5) is 29.2. The maximum atomic E-state index is 12.7. The minimum atomic E-state index is -0.872. The summed E-state index contributed by atoms with van der Waals surface area (Å²) >= 11 is 0. The lowest BCUT2D eigenvalue weighted by molar-refractivity contribution is -0.137. The molecule has 0 aliphatic carbocycles. The first-order chi connectivity index (χ1) is 9.62. The number of piperidine rings is 1. The Morgan fingerprint density at radius 1 is 1.19 bits per heavy atom. The Hall–Kier alpha value is -1.30. The number of amides is 2. The predicted octanol–water partition coefficient (Wildman–Crippen LogP) is 1.71. The molecular formula is C15H29N3O3. The van der Waals surface area contributed by atoms with Crippen LogP contribution < -0.4 is 0 Å². The van der Waals surface area contributed by atoms with E-state index in [1.54, 1.807) is 4.90 Å². The largest absolute Gasteiger partial charge is 0.481 e. The summed E-state index contributed by atoms with van der Waals surface area (Å²) in [6, 6.07) is 0.483. The lowest BCUT2D eigenvalue weighted by Gasteiger charge is -2.42. The summed E-state index contributed by atoms with van der Waals surface area (Å²) in [5.74, 6) is -0.872. The van der Waals surface area contributed by atoms with Crippen LogP contribution in [-0.2, 0) is 4.79 Å². The molecule has 21 heavy (non-hydrogen) atoms. The molecule has 1 rings (SSSR count). The van der Waals surface area contributed by atoms with Gasteiger partial charge in [-0.1, -0.05) is 0 Å². The Morgan fingerprint density at radius 3 is 2.10 bits per heavy atom. The molecule has 0 aromatic heterocycles.